The molecule has 0 rings (SSSR count). The maximum atomic E-state index is 8.07. The average molecular weight is 164 g/mol. The zero-order valence-electron chi connectivity index (χ0n) is 5.47. The van der Waals surface area contributed by atoms with Crippen LogP contribution in [-0.4, -0.2) is 24.1 Å². The number of hydrogen-bond acceptors (Lipinski definition) is 3. The maximum Gasteiger partial charge on any atom is 0.153 e. The van der Waals surface area contributed by atoms with E-state index in [4.69, 9.17) is 22.5 Å². The highest BCUT2D eigenvalue weighted by Gasteiger charge is 1.91. The van der Waals surface area contributed by atoms with Crippen LogP contribution in [0.1, 0.15) is 0 Å². The minimum absolute atomic E-state index is 0.123. The van der Waals surface area contributed by atoms with Gasteiger partial charge in [-0.05, 0) is 0 Å². The lowest BCUT2D eigenvalue weighted by Crippen LogP contribution is -2.29. The Hall–Kier alpha value is -0.740. The van der Waals surface area contributed by atoms with E-state index in [-0.39, 0.29) is 5.84 Å². The molecule has 0 bridgehead atoms. The Morgan fingerprint density at radius 2 is 2.30 bits per heavy atom. The highest BCUT2D eigenvalue weighted by molar-refractivity contribution is 6.29. The number of hydrogen-bond donors (Lipinski definition) is 3. The van der Waals surface area contributed by atoms with Crippen LogP contribution < -0.4 is 11.1 Å². The molecule has 0 amide bonds. The average Bonchev–Trinajstić information content (AvgIpc) is 1.87. The van der Waals surface area contributed by atoms with E-state index >= 15 is 0 Å². The lowest BCUT2D eigenvalue weighted by Gasteiger charge is -1.99. The standard InChI is InChI=1S/C5H10ClN3O/c1-4(6)2-8-3-5(7)9-10/h8,10H,1-3H2,(H2,7,9). The first kappa shape index (κ1) is 9.26. The quantitative estimate of drug-likeness (QED) is 0.238. The number of nitrogens with zero attached hydrogens (tertiary/aromatic N) is 1. The van der Waals surface area contributed by atoms with Crippen LogP contribution in [-0.2, 0) is 0 Å². The lowest BCUT2D eigenvalue weighted by molar-refractivity contribution is 0.317. The Morgan fingerprint density at radius 1 is 1.70 bits per heavy atom. The third kappa shape index (κ3) is 5.40. The monoisotopic (exact) mass is 163 g/mol. The molecule has 0 aliphatic carbocycles. The highest BCUT2D eigenvalue weighted by Crippen LogP contribution is 1.90. The predicted molar refractivity (Wildman–Crippen MR) is 41.3 cm³/mol. The van der Waals surface area contributed by atoms with Gasteiger partial charge in [0.1, 0.15) is 0 Å². The van der Waals surface area contributed by atoms with E-state index in [1.807, 2.05) is 0 Å². The molecule has 4 nitrogen and oxygen atoms in total. The summed E-state index contributed by atoms with van der Waals surface area (Å²) in [5.74, 6) is 0.123. The minimum atomic E-state index is 0.123. The van der Waals surface area contributed by atoms with Gasteiger partial charge in [-0.15, -0.1) is 0 Å². The van der Waals surface area contributed by atoms with E-state index in [2.05, 4.69) is 17.1 Å². The van der Waals surface area contributed by atoms with Crippen LogP contribution >= 0.6 is 11.6 Å². The summed E-state index contributed by atoms with van der Waals surface area (Å²) in [5.41, 5.74) is 5.12. The topological polar surface area (TPSA) is 70.6 Å². The molecular formula is C5H10ClN3O. The summed E-state index contributed by atoms with van der Waals surface area (Å²) < 4.78 is 0. The van der Waals surface area contributed by atoms with Crippen LogP contribution in [0, 0.1) is 0 Å². The number of oxime groups is 1. The molecule has 5 heteroatoms. The van der Waals surface area contributed by atoms with E-state index in [0.717, 1.165) is 0 Å². The van der Waals surface area contributed by atoms with E-state index in [9.17, 15) is 0 Å². The van der Waals surface area contributed by atoms with Gasteiger partial charge >= 0.3 is 0 Å². The zero-order chi connectivity index (χ0) is 7.98. The molecule has 0 fully saturated rings. The molecule has 0 heterocycles. The van der Waals surface area contributed by atoms with E-state index in [1.54, 1.807) is 0 Å². The van der Waals surface area contributed by atoms with Crippen LogP contribution in [0.3, 0.4) is 0 Å². The summed E-state index contributed by atoms with van der Waals surface area (Å²) in [6, 6.07) is 0. The largest absolute Gasteiger partial charge is 0.409 e. The van der Waals surface area contributed by atoms with Gasteiger partial charge in [0.15, 0.2) is 5.84 Å². The van der Waals surface area contributed by atoms with Crippen molar-refractivity contribution in [2.24, 2.45) is 10.9 Å². The van der Waals surface area contributed by atoms with Crippen molar-refractivity contribution < 1.29 is 5.21 Å². The highest BCUT2D eigenvalue weighted by atomic mass is 35.5. The van der Waals surface area contributed by atoms with Gasteiger partial charge < -0.3 is 16.3 Å². The molecule has 0 unspecified atom stereocenters. The normalized spacial score (nSPS) is 11.5. The molecule has 0 aromatic heterocycles. The molecule has 0 spiro atoms. The predicted octanol–water partition coefficient (Wildman–Crippen LogP) is 0.0749. The van der Waals surface area contributed by atoms with Gasteiger partial charge in [-0.3, -0.25) is 0 Å². The second kappa shape index (κ2) is 5.08. The summed E-state index contributed by atoms with van der Waals surface area (Å²) >= 11 is 5.40. The first-order chi connectivity index (χ1) is 4.66. The van der Waals surface area contributed by atoms with Crippen molar-refractivity contribution in [2.45, 2.75) is 0 Å². The molecule has 0 aromatic rings. The van der Waals surface area contributed by atoms with Crippen molar-refractivity contribution in [3.8, 4) is 0 Å². The Labute approximate surface area is 64.3 Å². The molecule has 0 aliphatic heterocycles. The van der Waals surface area contributed by atoms with Crippen LogP contribution in [0.2, 0.25) is 0 Å². The van der Waals surface area contributed by atoms with Crippen LogP contribution in [0.5, 0.6) is 0 Å². The fourth-order valence-electron chi connectivity index (χ4n) is 0.362. The number of rotatable bonds is 4. The molecule has 0 saturated carbocycles. The van der Waals surface area contributed by atoms with Crippen molar-refractivity contribution >= 4 is 17.4 Å². The first-order valence-corrected chi connectivity index (χ1v) is 3.05. The van der Waals surface area contributed by atoms with Crippen molar-refractivity contribution in [1.29, 1.82) is 0 Å². The van der Waals surface area contributed by atoms with Gasteiger partial charge in [0.05, 0.1) is 6.54 Å². The molecule has 4 N–H and O–H groups in total. The van der Waals surface area contributed by atoms with Crippen molar-refractivity contribution in [3.63, 3.8) is 0 Å². The van der Waals surface area contributed by atoms with Crippen molar-refractivity contribution in [2.75, 3.05) is 13.1 Å². The molecule has 58 valence electrons. The lowest BCUT2D eigenvalue weighted by atomic mass is 10.5. The molecule has 10 heavy (non-hydrogen) atoms. The van der Waals surface area contributed by atoms with Gasteiger partial charge in [-0.1, -0.05) is 23.3 Å². The molecular weight excluding hydrogens is 154 g/mol. The van der Waals surface area contributed by atoms with Gasteiger partial charge in [0, 0.05) is 11.6 Å². The summed E-state index contributed by atoms with van der Waals surface area (Å²) in [6.45, 7) is 4.20. The SMILES string of the molecule is C=C(Cl)CNCC(N)=NO. The molecule has 0 radical (unpaired) electrons. The van der Waals surface area contributed by atoms with Gasteiger partial charge in [-0.2, -0.15) is 0 Å². The molecule has 0 atom stereocenters. The number of halogens is 1. The first-order valence-electron chi connectivity index (χ1n) is 2.67. The summed E-state index contributed by atoms with van der Waals surface area (Å²) in [6.07, 6.45) is 0. The van der Waals surface area contributed by atoms with E-state index in [0.29, 0.717) is 18.1 Å². The minimum Gasteiger partial charge on any atom is -0.409 e. The third-order valence-electron chi connectivity index (χ3n) is 0.751. The number of nitrogens with one attached hydrogen (secondary N) is 1. The fourth-order valence-corrected chi connectivity index (χ4v) is 0.456. The van der Waals surface area contributed by atoms with Crippen LogP contribution in [0.25, 0.3) is 0 Å². The molecule has 0 saturated heterocycles. The maximum absolute atomic E-state index is 8.07. The molecule has 0 aliphatic rings. The zero-order valence-corrected chi connectivity index (χ0v) is 6.23. The Bertz CT molecular complexity index is 146. The summed E-state index contributed by atoms with van der Waals surface area (Å²) in [5, 5.41) is 14.1. The third-order valence-corrected chi connectivity index (χ3v) is 0.885. The second-order valence-electron chi connectivity index (χ2n) is 1.71. The van der Waals surface area contributed by atoms with Gasteiger partial charge in [-0.25, -0.2) is 0 Å². The van der Waals surface area contributed by atoms with Gasteiger partial charge in [0.2, 0.25) is 0 Å². The van der Waals surface area contributed by atoms with Crippen molar-refractivity contribution in [3.05, 3.63) is 11.6 Å². The fraction of sp³-hybridized carbons (Fsp3) is 0.400. The molecule has 0 aromatic carbocycles. The van der Waals surface area contributed by atoms with Crippen molar-refractivity contribution in [1.82, 2.24) is 5.32 Å². The van der Waals surface area contributed by atoms with Crippen LogP contribution in [0.4, 0.5) is 0 Å². The summed E-state index contributed by atoms with van der Waals surface area (Å²) in [7, 11) is 0. The van der Waals surface area contributed by atoms with Gasteiger partial charge in [0.25, 0.3) is 0 Å². The smallest absolute Gasteiger partial charge is 0.153 e. The second-order valence-corrected chi connectivity index (χ2v) is 2.25. The van der Waals surface area contributed by atoms with Crippen LogP contribution in [0.15, 0.2) is 16.8 Å². The Kier molecular flexibility index (Phi) is 4.70. The number of amidine groups is 1. The number of nitrogens with two attached hydrogens (primary N) is 1. The Morgan fingerprint density at radius 3 is 2.70 bits per heavy atom. The Balaban J connectivity index is 3.29. The van der Waals surface area contributed by atoms with E-state index < -0.39 is 0 Å². The van der Waals surface area contributed by atoms with E-state index in [1.165, 1.54) is 0 Å². The summed E-state index contributed by atoms with van der Waals surface area (Å²) in [4.78, 5) is 0.